The van der Waals surface area contributed by atoms with Gasteiger partial charge in [0.1, 0.15) is 17.1 Å². The van der Waals surface area contributed by atoms with Crippen molar-refractivity contribution in [3.05, 3.63) is 52.9 Å². The minimum absolute atomic E-state index is 0. The second-order valence-electron chi connectivity index (χ2n) is 8.57. The van der Waals surface area contributed by atoms with Crippen molar-refractivity contribution in [3.8, 4) is 0 Å². The Kier molecular flexibility index (Phi) is 15.0. The first kappa shape index (κ1) is 40.0. The van der Waals surface area contributed by atoms with Crippen LogP contribution in [0.1, 0.15) is 19.5 Å². The van der Waals surface area contributed by atoms with Crippen LogP contribution in [0.15, 0.2) is 52.4 Å². The molecule has 4 rings (SSSR count). The number of pyridine rings is 1. The Bertz CT molecular complexity index is 1330. The molecule has 2 aromatic heterocycles. The maximum atomic E-state index is 13.1. The number of fused-ring (bicyclic) bond motifs is 1. The van der Waals surface area contributed by atoms with E-state index in [-0.39, 0.29) is 56.2 Å². The second-order valence-corrected chi connectivity index (χ2v) is 10.6. The Morgan fingerprint density at radius 3 is 2.36 bits per heavy atom. The predicted molar refractivity (Wildman–Crippen MR) is 148 cm³/mol. The largest absolute Gasteiger partial charge is 0.543 e. The van der Waals surface area contributed by atoms with E-state index < -0.39 is 40.8 Å². The lowest BCUT2D eigenvalue weighted by Crippen LogP contribution is -2.71. The van der Waals surface area contributed by atoms with Crippen molar-refractivity contribution in [2.75, 3.05) is 11.5 Å². The van der Waals surface area contributed by atoms with Crippen molar-refractivity contribution in [2.24, 2.45) is 5.16 Å². The molecule has 0 spiro atoms. The molecule has 0 saturated carbocycles. The SMILES string of the molecule is CC(C)(ON=C(C(=O)N[C@@H]1C(=O)N2C(C(=O)[O-])=C(C[n+]3ccccc3)CS[C@H]12)c1csc(N)n1)C(=O)O.O.O.O.O.O. The van der Waals surface area contributed by atoms with Crippen LogP contribution in [0.3, 0.4) is 0 Å². The summed E-state index contributed by atoms with van der Waals surface area (Å²) in [6.07, 6.45) is 3.55. The maximum Gasteiger partial charge on any atom is 0.350 e. The molecule has 2 atom stereocenters. The van der Waals surface area contributed by atoms with E-state index in [2.05, 4.69) is 15.5 Å². The summed E-state index contributed by atoms with van der Waals surface area (Å²) < 4.78 is 1.78. The average Bonchev–Trinajstić information content (AvgIpc) is 3.28. The number of nitrogens with one attached hydrogen (secondary N) is 1. The summed E-state index contributed by atoms with van der Waals surface area (Å²) in [6, 6.07) is 4.36. The Hall–Kier alpha value is -4.18. The van der Waals surface area contributed by atoms with E-state index in [9.17, 15) is 29.4 Å². The zero-order valence-corrected chi connectivity index (χ0v) is 23.7. The summed E-state index contributed by atoms with van der Waals surface area (Å²) in [6.45, 7) is 2.74. The highest BCUT2D eigenvalue weighted by molar-refractivity contribution is 8.00. The fourth-order valence-electron chi connectivity index (χ4n) is 3.56. The molecule has 1 fully saturated rings. The molecule has 2 aliphatic rings. The number of nitrogen functional groups attached to an aromatic ring is 1. The lowest BCUT2D eigenvalue weighted by atomic mass is 10.0. The van der Waals surface area contributed by atoms with Gasteiger partial charge in [-0.25, -0.2) is 14.3 Å². The number of thiazole rings is 1. The van der Waals surface area contributed by atoms with Crippen molar-refractivity contribution in [1.29, 1.82) is 0 Å². The van der Waals surface area contributed by atoms with Gasteiger partial charge in [0.15, 0.2) is 29.8 Å². The summed E-state index contributed by atoms with van der Waals surface area (Å²) in [5, 5.41) is 28.4. The first-order chi connectivity index (χ1) is 17.5. The van der Waals surface area contributed by atoms with E-state index in [0.29, 0.717) is 11.3 Å². The van der Waals surface area contributed by atoms with Gasteiger partial charge >= 0.3 is 5.97 Å². The molecule has 14 N–H and O–H groups in total. The first-order valence-electron chi connectivity index (χ1n) is 10.8. The Balaban J connectivity index is 0. The highest BCUT2D eigenvalue weighted by atomic mass is 32.2. The fraction of sp³-hybridized carbons (Fsp3) is 0.318. The number of aromatic nitrogens is 2. The van der Waals surface area contributed by atoms with Crippen LogP contribution in [-0.4, -0.2) is 94.6 Å². The van der Waals surface area contributed by atoms with Gasteiger partial charge in [0.05, 0.1) is 11.7 Å². The fourth-order valence-corrected chi connectivity index (χ4v) is 5.45. The summed E-state index contributed by atoms with van der Waals surface area (Å²) in [5.41, 5.74) is 3.83. The number of carbonyl (C=O) groups is 4. The molecule has 0 aromatic carbocycles. The molecule has 0 bridgehead atoms. The molecular weight excluding hydrogens is 604 g/mol. The van der Waals surface area contributed by atoms with Crippen molar-refractivity contribution in [1.82, 2.24) is 15.2 Å². The second kappa shape index (κ2) is 15.7. The average molecular weight is 637 g/mol. The van der Waals surface area contributed by atoms with E-state index in [1.807, 2.05) is 6.07 Å². The molecule has 0 unspecified atom stereocenters. The number of anilines is 1. The highest BCUT2D eigenvalue weighted by Gasteiger charge is 2.53. The number of oxime groups is 1. The van der Waals surface area contributed by atoms with Gasteiger partial charge in [-0.2, -0.15) is 0 Å². The number of hydrogen-bond donors (Lipinski definition) is 3. The molecule has 2 aromatic rings. The topological polar surface area (TPSA) is 349 Å². The van der Waals surface area contributed by atoms with Crippen molar-refractivity contribution >= 4 is 57.7 Å². The number of nitrogens with two attached hydrogens (primary N) is 1. The van der Waals surface area contributed by atoms with Crippen LogP contribution in [0.4, 0.5) is 5.13 Å². The number of hydrogen-bond acceptors (Lipinski definition) is 11. The van der Waals surface area contributed by atoms with Crippen molar-refractivity contribution in [2.45, 2.75) is 37.4 Å². The highest BCUT2D eigenvalue weighted by Crippen LogP contribution is 2.40. The third-order valence-electron chi connectivity index (χ3n) is 5.54. The van der Waals surface area contributed by atoms with Gasteiger partial charge in [-0.05, 0) is 13.8 Å². The third-order valence-corrected chi connectivity index (χ3v) is 7.55. The van der Waals surface area contributed by atoms with E-state index >= 15 is 0 Å². The lowest BCUT2D eigenvalue weighted by Gasteiger charge is -2.50. The third kappa shape index (κ3) is 7.97. The van der Waals surface area contributed by atoms with Crippen LogP contribution >= 0.6 is 23.1 Å². The number of nitrogens with zero attached hydrogens (tertiary/aromatic N) is 4. The standard InChI is InChI=1S/C22H22N6O7S2.5H2O/c1-22(2,20(33)34)35-26-13(12-10-37-21(23)24-12)16(29)25-14-17(30)28-15(19(31)32)11(9-36-18(14)28)8-27-6-4-3-5-7-27;;;;;/h3-7,10,14,18H,8-9H2,1-2H3,(H4-,23,24,25,29,31,32,33,34);5*1H2/t14-,18-;;;;;/m1...../s1. The van der Waals surface area contributed by atoms with Crippen LogP contribution in [0, 0.1) is 0 Å². The molecule has 0 aliphatic carbocycles. The van der Waals surface area contributed by atoms with Crippen LogP contribution in [-0.2, 0) is 30.6 Å². The summed E-state index contributed by atoms with van der Waals surface area (Å²) >= 11 is 2.32. The van der Waals surface area contributed by atoms with Crippen LogP contribution in [0.5, 0.6) is 0 Å². The Morgan fingerprint density at radius 2 is 1.83 bits per heavy atom. The predicted octanol–water partition coefficient (Wildman–Crippen LogP) is -5.42. The zero-order chi connectivity index (χ0) is 26.9. The van der Waals surface area contributed by atoms with Gasteiger partial charge in [0.25, 0.3) is 11.8 Å². The van der Waals surface area contributed by atoms with E-state index in [0.717, 1.165) is 16.2 Å². The quantitative estimate of drug-likeness (QED) is 0.101. The summed E-state index contributed by atoms with van der Waals surface area (Å²) in [5.74, 6) is -4.01. The van der Waals surface area contributed by atoms with Crippen LogP contribution in [0.25, 0.3) is 0 Å². The normalized spacial score (nSPS) is 17.3. The number of aliphatic carboxylic acids is 2. The summed E-state index contributed by atoms with van der Waals surface area (Å²) in [7, 11) is 0. The molecule has 0 radical (unpaired) electrons. The number of amides is 2. The minimum Gasteiger partial charge on any atom is -0.543 e. The van der Waals surface area contributed by atoms with E-state index in [4.69, 9.17) is 10.6 Å². The number of rotatable bonds is 9. The molecule has 234 valence electrons. The Labute approximate surface area is 246 Å². The van der Waals surface area contributed by atoms with Gasteiger partial charge < -0.3 is 58.3 Å². The van der Waals surface area contributed by atoms with Crippen molar-refractivity contribution < 1.29 is 66.2 Å². The monoisotopic (exact) mass is 636 g/mol. The lowest BCUT2D eigenvalue weighted by molar-refractivity contribution is -0.689. The number of carbonyl (C=O) groups excluding carboxylic acids is 3. The Morgan fingerprint density at radius 1 is 1.21 bits per heavy atom. The van der Waals surface area contributed by atoms with Gasteiger partial charge in [-0.1, -0.05) is 11.2 Å². The van der Waals surface area contributed by atoms with E-state index in [1.165, 1.54) is 31.0 Å². The van der Waals surface area contributed by atoms with Crippen molar-refractivity contribution in [3.63, 3.8) is 0 Å². The molecule has 18 nitrogen and oxygen atoms in total. The molecule has 2 aliphatic heterocycles. The van der Waals surface area contributed by atoms with E-state index in [1.54, 1.807) is 29.1 Å². The number of carboxylic acids is 2. The van der Waals surface area contributed by atoms with Crippen LogP contribution in [0.2, 0.25) is 0 Å². The molecule has 4 heterocycles. The van der Waals surface area contributed by atoms with Gasteiger partial charge in [0.2, 0.25) is 5.60 Å². The van der Waals surface area contributed by atoms with Gasteiger partial charge in [-0.15, -0.1) is 23.1 Å². The zero-order valence-electron chi connectivity index (χ0n) is 22.1. The first-order valence-corrected chi connectivity index (χ1v) is 12.8. The van der Waals surface area contributed by atoms with Gasteiger partial charge in [0, 0.05) is 28.8 Å². The van der Waals surface area contributed by atoms with Crippen LogP contribution < -0.4 is 20.7 Å². The molecule has 2 amide bonds. The smallest absolute Gasteiger partial charge is 0.350 e. The number of thioether (sulfide) groups is 1. The maximum absolute atomic E-state index is 13.1. The minimum atomic E-state index is -1.75. The molecule has 42 heavy (non-hydrogen) atoms. The molecule has 20 heteroatoms. The number of β-lactam (4-membered cyclic amide) rings is 1. The molecular formula is C22H32N6O12S2. The number of carboxylic acid groups (broad SMARTS) is 2. The summed E-state index contributed by atoms with van der Waals surface area (Å²) in [4.78, 5) is 59.6. The molecule has 1 saturated heterocycles. The van der Waals surface area contributed by atoms with Gasteiger partial charge in [-0.3, -0.25) is 14.5 Å².